The summed E-state index contributed by atoms with van der Waals surface area (Å²) in [5.41, 5.74) is 7.57. The summed E-state index contributed by atoms with van der Waals surface area (Å²) < 4.78 is 10.4. The molecule has 3 aromatic rings. The van der Waals surface area contributed by atoms with Gasteiger partial charge in [0, 0.05) is 5.56 Å². The molecule has 0 aliphatic rings. The third-order valence-corrected chi connectivity index (χ3v) is 2.76. The largest absolute Gasteiger partial charge is 0.497 e. The highest BCUT2D eigenvalue weighted by atomic mass is 16.5. The lowest BCUT2D eigenvalue weighted by Gasteiger charge is -1.99. The van der Waals surface area contributed by atoms with E-state index >= 15 is 0 Å². The van der Waals surface area contributed by atoms with Gasteiger partial charge >= 0.3 is 0 Å². The second-order valence-electron chi connectivity index (χ2n) is 4.13. The first-order valence-electron chi connectivity index (χ1n) is 5.96. The normalized spacial score (nSPS) is 10.4. The molecule has 0 saturated carbocycles. The lowest BCUT2D eigenvalue weighted by Crippen LogP contribution is -1.88. The van der Waals surface area contributed by atoms with Crippen molar-refractivity contribution in [3.8, 4) is 28.7 Å². The molecular formula is C14H12N4O2. The number of pyridine rings is 1. The van der Waals surface area contributed by atoms with Gasteiger partial charge in [0.25, 0.3) is 5.89 Å². The highest BCUT2D eigenvalue weighted by Crippen LogP contribution is 2.24. The van der Waals surface area contributed by atoms with E-state index in [1.807, 2.05) is 24.3 Å². The third-order valence-electron chi connectivity index (χ3n) is 2.76. The second kappa shape index (κ2) is 5.00. The Morgan fingerprint density at radius 3 is 2.85 bits per heavy atom. The van der Waals surface area contributed by atoms with Gasteiger partial charge in [-0.15, -0.1) is 0 Å². The predicted molar refractivity (Wildman–Crippen MR) is 73.9 cm³/mol. The summed E-state index contributed by atoms with van der Waals surface area (Å²) >= 11 is 0. The maximum atomic E-state index is 5.59. The van der Waals surface area contributed by atoms with Gasteiger partial charge < -0.3 is 15.0 Å². The number of hydrogen-bond acceptors (Lipinski definition) is 6. The fourth-order valence-corrected chi connectivity index (χ4v) is 1.74. The van der Waals surface area contributed by atoms with Crippen molar-refractivity contribution in [2.24, 2.45) is 0 Å². The highest BCUT2D eigenvalue weighted by molar-refractivity contribution is 5.60. The van der Waals surface area contributed by atoms with E-state index in [-0.39, 0.29) is 0 Å². The summed E-state index contributed by atoms with van der Waals surface area (Å²) in [6, 6.07) is 10.9. The maximum Gasteiger partial charge on any atom is 0.276 e. The van der Waals surface area contributed by atoms with E-state index in [0.29, 0.717) is 23.1 Å². The van der Waals surface area contributed by atoms with Crippen molar-refractivity contribution in [1.82, 2.24) is 15.1 Å². The van der Waals surface area contributed by atoms with Crippen LogP contribution in [-0.4, -0.2) is 22.2 Å². The van der Waals surface area contributed by atoms with Crippen molar-refractivity contribution < 1.29 is 9.26 Å². The molecule has 0 bridgehead atoms. The average molecular weight is 268 g/mol. The quantitative estimate of drug-likeness (QED) is 0.784. The van der Waals surface area contributed by atoms with Gasteiger partial charge in [-0.2, -0.15) is 4.98 Å². The van der Waals surface area contributed by atoms with Crippen LogP contribution in [0.2, 0.25) is 0 Å². The molecule has 0 aliphatic heterocycles. The van der Waals surface area contributed by atoms with E-state index in [4.69, 9.17) is 15.0 Å². The first kappa shape index (κ1) is 12.2. The van der Waals surface area contributed by atoms with Crippen molar-refractivity contribution in [1.29, 1.82) is 0 Å². The van der Waals surface area contributed by atoms with Gasteiger partial charge in [0.2, 0.25) is 5.82 Å². The van der Waals surface area contributed by atoms with Gasteiger partial charge in [0.15, 0.2) is 0 Å². The molecule has 0 amide bonds. The van der Waals surface area contributed by atoms with Crippen LogP contribution in [0.4, 0.5) is 5.69 Å². The van der Waals surface area contributed by atoms with Gasteiger partial charge in [-0.25, -0.2) is 4.98 Å². The predicted octanol–water partition coefficient (Wildman–Crippen LogP) is 2.39. The lowest BCUT2D eigenvalue weighted by molar-refractivity contribution is 0.414. The molecule has 0 unspecified atom stereocenters. The van der Waals surface area contributed by atoms with E-state index in [1.54, 1.807) is 25.4 Å². The average Bonchev–Trinajstić information content (AvgIpc) is 2.98. The van der Waals surface area contributed by atoms with Crippen molar-refractivity contribution in [3.63, 3.8) is 0 Å². The minimum Gasteiger partial charge on any atom is -0.497 e. The summed E-state index contributed by atoms with van der Waals surface area (Å²) in [7, 11) is 1.61. The Hall–Kier alpha value is -2.89. The summed E-state index contributed by atoms with van der Waals surface area (Å²) in [5.74, 6) is 1.57. The van der Waals surface area contributed by atoms with Crippen LogP contribution in [0.25, 0.3) is 23.0 Å². The number of aromatic nitrogens is 3. The van der Waals surface area contributed by atoms with Crippen LogP contribution < -0.4 is 10.5 Å². The smallest absolute Gasteiger partial charge is 0.276 e. The summed E-state index contributed by atoms with van der Waals surface area (Å²) in [5, 5.41) is 3.95. The van der Waals surface area contributed by atoms with Crippen molar-refractivity contribution in [2.45, 2.75) is 0 Å². The van der Waals surface area contributed by atoms with Crippen molar-refractivity contribution in [2.75, 3.05) is 12.8 Å². The van der Waals surface area contributed by atoms with E-state index in [0.717, 1.165) is 11.3 Å². The van der Waals surface area contributed by atoms with Crippen LogP contribution in [0.5, 0.6) is 5.75 Å². The van der Waals surface area contributed by atoms with Crippen LogP contribution in [-0.2, 0) is 0 Å². The Balaban J connectivity index is 1.95. The van der Waals surface area contributed by atoms with Gasteiger partial charge in [-0.1, -0.05) is 17.3 Å². The number of methoxy groups -OCH3 is 1. The summed E-state index contributed by atoms with van der Waals surface area (Å²) in [4.78, 5) is 8.46. The van der Waals surface area contributed by atoms with Gasteiger partial charge in [0.05, 0.1) is 19.0 Å². The molecule has 6 nitrogen and oxygen atoms in total. The molecule has 20 heavy (non-hydrogen) atoms. The van der Waals surface area contributed by atoms with Gasteiger partial charge in [0.1, 0.15) is 11.4 Å². The molecule has 3 rings (SSSR count). The zero-order valence-corrected chi connectivity index (χ0v) is 10.8. The molecule has 2 aromatic heterocycles. The molecule has 0 radical (unpaired) electrons. The summed E-state index contributed by atoms with van der Waals surface area (Å²) in [6.45, 7) is 0. The number of ether oxygens (including phenoxy) is 1. The Labute approximate surface area is 115 Å². The van der Waals surface area contributed by atoms with E-state index < -0.39 is 0 Å². The maximum absolute atomic E-state index is 5.59. The summed E-state index contributed by atoms with van der Waals surface area (Å²) in [6.07, 6.45) is 1.55. The number of nitrogens with two attached hydrogens (primary N) is 1. The Morgan fingerprint density at radius 2 is 2.10 bits per heavy atom. The Bertz CT molecular complexity index is 722. The molecule has 2 heterocycles. The molecule has 100 valence electrons. The number of nitrogen functional groups attached to an aromatic ring is 1. The first-order chi connectivity index (χ1) is 9.76. The lowest BCUT2D eigenvalue weighted by atomic mass is 10.2. The van der Waals surface area contributed by atoms with E-state index in [2.05, 4.69) is 15.1 Å². The van der Waals surface area contributed by atoms with Crippen LogP contribution in [0, 0.1) is 0 Å². The highest BCUT2D eigenvalue weighted by Gasteiger charge is 2.11. The Kier molecular flexibility index (Phi) is 3.04. The molecule has 0 aliphatic carbocycles. The van der Waals surface area contributed by atoms with Gasteiger partial charge in [-0.3, -0.25) is 0 Å². The van der Waals surface area contributed by atoms with Crippen LogP contribution >= 0.6 is 0 Å². The standard InChI is InChI=1S/C14H12N4O2/c1-19-11-4-2-3-9(7-11)13-17-14(20-18-13)12-6-5-10(15)8-16-12/h2-8H,15H2,1H3. The van der Waals surface area contributed by atoms with E-state index in [1.165, 1.54) is 0 Å². The van der Waals surface area contributed by atoms with E-state index in [9.17, 15) is 0 Å². The van der Waals surface area contributed by atoms with Crippen molar-refractivity contribution >= 4 is 5.69 Å². The number of rotatable bonds is 3. The monoisotopic (exact) mass is 268 g/mol. The minimum atomic E-state index is 0.350. The molecule has 0 fully saturated rings. The van der Waals surface area contributed by atoms with Crippen LogP contribution in [0.3, 0.4) is 0 Å². The second-order valence-corrected chi connectivity index (χ2v) is 4.13. The molecule has 1 aromatic carbocycles. The third kappa shape index (κ3) is 2.31. The molecule has 0 spiro atoms. The molecule has 0 atom stereocenters. The molecule has 6 heteroatoms. The number of benzene rings is 1. The van der Waals surface area contributed by atoms with Crippen molar-refractivity contribution in [3.05, 3.63) is 42.6 Å². The van der Waals surface area contributed by atoms with Crippen LogP contribution in [0.15, 0.2) is 47.1 Å². The molecule has 0 saturated heterocycles. The fourth-order valence-electron chi connectivity index (χ4n) is 1.74. The van der Waals surface area contributed by atoms with Gasteiger partial charge in [-0.05, 0) is 24.3 Å². The zero-order chi connectivity index (χ0) is 13.9. The topological polar surface area (TPSA) is 87.1 Å². The fraction of sp³-hybridized carbons (Fsp3) is 0.0714. The SMILES string of the molecule is COc1cccc(-c2noc(-c3ccc(N)cn3)n2)c1. The Morgan fingerprint density at radius 1 is 1.20 bits per heavy atom. The molecule has 2 N–H and O–H groups in total. The zero-order valence-electron chi connectivity index (χ0n) is 10.8. The molecular weight excluding hydrogens is 256 g/mol. The number of anilines is 1. The van der Waals surface area contributed by atoms with Crippen LogP contribution in [0.1, 0.15) is 0 Å². The number of nitrogens with zero attached hydrogens (tertiary/aromatic N) is 3. The first-order valence-corrected chi connectivity index (χ1v) is 5.96. The minimum absolute atomic E-state index is 0.350. The number of hydrogen-bond donors (Lipinski definition) is 1.